The van der Waals surface area contributed by atoms with Gasteiger partial charge in [-0.25, -0.2) is 4.79 Å². The van der Waals surface area contributed by atoms with Crippen molar-refractivity contribution in [2.45, 2.75) is 114 Å². The summed E-state index contributed by atoms with van der Waals surface area (Å²) in [6, 6.07) is 31.2. The van der Waals surface area contributed by atoms with Crippen molar-refractivity contribution in [3.8, 4) is 0 Å². The summed E-state index contributed by atoms with van der Waals surface area (Å²) in [5.41, 5.74) is 1.27. The second-order valence-corrected chi connectivity index (χ2v) is 21.6. The molecule has 6 nitrogen and oxygen atoms in total. The predicted molar refractivity (Wildman–Crippen MR) is 224 cm³/mol. The van der Waals surface area contributed by atoms with Crippen molar-refractivity contribution in [1.29, 1.82) is 0 Å². The molecule has 2 heterocycles. The van der Waals surface area contributed by atoms with Gasteiger partial charge < -0.3 is 23.4 Å². The highest BCUT2D eigenvalue weighted by Crippen LogP contribution is 2.46. The zero-order valence-corrected chi connectivity index (χ0v) is 35.7. The summed E-state index contributed by atoms with van der Waals surface area (Å²) in [5.74, 6) is -1.17. The van der Waals surface area contributed by atoms with E-state index in [9.17, 15) is 4.79 Å². The maximum Gasteiger partial charge on any atom is 0.331 e. The maximum absolute atomic E-state index is 12.5. The fourth-order valence-corrected chi connectivity index (χ4v) is 8.95. The zero-order chi connectivity index (χ0) is 38.3. The van der Waals surface area contributed by atoms with Gasteiger partial charge in [-0.2, -0.15) is 0 Å². The molecule has 5 atom stereocenters. The minimum Gasteiger partial charge on any atom is -0.454 e. The minimum absolute atomic E-state index is 0.0324. The average Bonchev–Trinajstić information content (AvgIpc) is 3.38. The third-order valence-electron chi connectivity index (χ3n) is 10.9. The standard InChI is InChI=1S/C45H57IO6Si/c1-9-34-25-26-41(47)49-39(34)27-29-44(40(50-43(5,6)52-44)33-38(28-31-46)51-53(7,8)42(2,3)4)30-32-48-45(35-19-13-10-14-20-35,36-21-15-11-16-22-36)37-23-17-12-18-24-37/h10-29,31,34,38-40H,9,30,32-33H2,1-8H3/b29-27+,31-28-/t34-,38-,39-,40+,44-/m0/s1. The van der Waals surface area contributed by atoms with Crippen LogP contribution in [0.1, 0.15) is 77.5 Å². The van der Waals surface area contributed by atoms with Crippen molar-refractivity contribution >= 4 is 36.9 Å². The van der Waals surface area contributed by atoms with E-state index in [0.717, 1.165) is 23.1 Å². The number of benzene rings is 3. The monoisotopic (exact) mass is 848 g/mol. The minimum atomic E-state index is -2.15. The van der Waals surface area contributed by atoms with Gasteiger partial charge in [0, 0.05) is 24.8 Å². The molecule has 0 saturated carbocycles. The Balaban J connectivity index is 1.58. The Bertz CT molecular complexity index is 1620. The molecule has 0 aromatic heterocycles. The molecular weight excluding hydrogens is 791 g/mol. The fraction of sp³-hybridized carbons (Fsp3) is 0.444. The molecule has 1 saturated heterocycles. The van der Waals surface area contributed by atoms with Crippen molar-refractivity contribution in [3.05, 3.63) is 142 Å². The summed E-state index contributed by atoms with van der Waals surface area (Å²) in [7, 11) is -2.15. The number of cyclic esters (lactones) is 1. The topological polar surface area (TPSA) is 63.2 Å². The Labute approximate surface area is 332 Å². The molecule has 284 valence electrons. The lowest BCUT2D eigenvalue weighted by Crippen LogP contribution is -2.47. The molecule has 3 aromatic rings. The van der Waals surface area contributed by atoms with Gasteiger partial charge in [0.05, 0.1) is 18.8 Å². The van der Waals surface area contributed by atoms with E-state index >= 15 is 0 Å². The average molecular weight is 849 g/mol. The molecule has 0 unspecified atom stereocenters. The van der Waals surface area contributed by atoms with Gasteiger partial charge in [-0.05, 0) is 65.2 Å². The number of halogens is 1. The Kier molecular flexibility index (Phi) is 13.5. The van der Waals surface area contributed by atoms with Gasteiger partial charge in [0.25, 0.3) is 0 Å². The van der Waals surface area contributed by atoms with Crippen LogP contribution in [-0.2, 0) is 33.8 Å². The first-order valence-electron chi connectivity index (χ1n) is 18.9. The van der Waals surface area contributed by atoms with Gasteiger partial charge >= 0.3 is 5.97 Å². The summed E-state index contributed by atoms with van der Waals surface area (Å²) >= 11 is 2.27. The van der Waals surface area contributed by atoms with Crippen molar-refractivity contribution < 1.29 is 28.2 Å². The molecular formula is C45H57IO6Si. The number of hydrogen-bond donors (Lipinski definition) is 0. The number of ether oxygens (including phenoxy) is 4. The van der Waals surface area contributed by atoms with Crippen LogP contribution in [0, 0.1) is 5.92 Å². The first-order chi connectivity index (χ1) is 25.1. The summed E-state index contributed by atoms with van der Waals surface area (Å²) in [6.45, 7) is 17.7. The highest BCUT2D eigenvalue weighted by atomic mass is 127. The Hall–Kier alpha value is -2.86. The Morgan fingerprint density at radius 1 is 0.906 bits per heavy atom. The first kappa shape index (κ1) is 41.3. The molecule has 0 radical (unpaired) electrons. The Morgan fingerprint density at radius 2 is 1.45 bits per heavy atom. The molecule has 1 fully saturated rings. The summed E-state index contributed by atoms with van der Waals surface area (Å²) < 4.78 is 36.1. The SMILES string of the molecule is CC[C@H]1C=CC(=O)O[C@H]1/C=C/[C@@]1(CCOC(c2ccccc2)(c2ccccc2)c2ccccc2)OC(C)(C)O[C@@H]1C[C@H](/C=C\I)O[Si](C)(C)C(C)(C)C. The third kappa shape index (κ3) is 9.69. The summed E-state index contributed by atoms with van der Waals surface area (Å²) in [4.78, 5) is 12.5. The molecule has 0 bridgehead atoms. The van der Waals surface area contributed by atoms with Crippen LogP contribution < -0.4 is 0 Å². The van der Waals surface area contributed by atoms with E-state index in [4.69, 9.17) is 23.4 Å². The van der Waals surface area contributed by atoms with E-state index in [2.05, 4.69) is 148 Å². The summed E-state index contributed by atoms with van der Waals surface area (Å²) in [6.07, 6.45) is 10.6. The van der Waals surface area contributed by atoms with E-state index in [-0.39, 0.29) is 23.0 Å². The fourth-order valence-electron chi connectivity index (χ4n) is 7.20. The molecule has 0 spiro atoms. The van der Waals surface area contributed by atoms with E-state index in [1.807, 2.05) is 48.3 Å². The number of carbonyl (C=O) groups excluding carboxylic acids is 1. The van der Waals surface area contributed by atoms with Crippen LogP contribution in [0.2, 0.25) is 18.1 Å². The third-order valence-corrected chi connectivity index (χ3v) is 15.9. The van der Waals surface area contributed by atoms with Gasteiger partial charge in [0.15, 0.2) is 14.1 Å². The molecule has 53 heavy (non-hydrogen) atoms. The lowest BCUT2D eigenvalue weighted by Gasteiger charge is -2.40. The van der Waals surface area contributed by atoms with Crippen LogP contribution in [0.4, 0.5) is 0 Å². The van der Waals surface area contributed by atoms with Gasteiger partial charge in [0.2, 0.25) is 0 Å². The van der Waals surface area contributed by atoms with Crippen LogP contribution in [0.3, 0.4) is 0 Å². The van der Waals surface area contributed by atoms with E-state index in [1.54, 1.807) is 0 Å². The number of carbonyl (C=O) groups is 1. The van der Waals surface area contributed by atoms with Gasteiger partial charge in [-0.1, -0.05) is 160 Å². The van der Waals surface area contributed by atoms with Crippen LogP contribution in [0.15, 0.2) is 125 Å². The lowest BCUT2D eigenvalue weighted by atomic mass is 9.80. The quantitative estimate of drug-likeness (QED) is 0.0499. The second kappa shape index (κ2) is 17.3. The molecule has 0 amide bonds. The van der Waals surface area contributed by atoms with Crippen molar-refractivity contribution in [2.75, 3.05) is 6.61 Å². The lowest BCUT2D eigenvalue weighted by molar-refractivity contribution is -0.160. The van der Waals surface area contributed by atoms with Crippen LogP contribution >= 0.6 is 22.6 Å². The molecule has 2 aliphatic heterocycles. The van der Waals surface area contributed by atoms with Crippen molar-refractivity contribution in [3.63, 3.8) is 0 Å². The number of rotatable bonds is 15. The first-order valence-corrected chi connectivity index (χ1v) is 23.0. The molecule has 0 aliphatic carbocycles. The van der Waals surface area contributed by atoms with Crippen LogP contribution in [0.25, 0.3) is 0 Å². The van der Waals surface area contributed by atoms with Gasteiger partial charge in [0.1, 0.15) is 17.3 Å². The highest BCUT2D eigenvalue weighted by molar-refractivity contribution is 14.1. The van der Waals surface area contributed by atoms with E-state index in [0.29, 0.717) is 19.4 Å². The second-order valence-electron chi connectivity index (χ2n) is 16.1. The van der Waals surface area contributed by atoms with Crippen LogP contribution in [-0.4, -0.2) is 50.6 Å². The van der Waals surface area contributed by atoms with E-state index in [1.165, 1.54) is 6.08 Å². The predicted octanol–water partition coefficient (Wildman–Crippen LogP) is 11.1. The molecule has 5 rings (SSSR count). The summed E-state index contributed by atoms with van der Waals surface area (Å²) in [5, 5.41) is 0.0324. The van der Waals surface area contributed by atoms with Crippen LogP contribution in [0.5, 0.6) is 0 Å². The molecule has 0 N–H and O–H groups in total. The van der Waals surface area contributed by atoms with Gasteiger partial charge in [-0.15, -0.1) is 0 Å². The maximum atomic E-state index is 12.5. The molecule has 8 heteroatoms. The largest absolute Gasteiger partial charge is 0.454 e. The highest BCUT2D eigenvalue weighted by Gasteiger charge is 2.53. The van der Waals surface area contributed by atoms with Crippen molar-refractivity contribution in [2.24, 2.45) is 5.92 Å². The van der Waals surface area contributed by atoms with E-state index < -0.39 is 37.5 Å². The molecule has 2 aliphatic rings. The van der Waals surface area contributed by atoms with Gasteiger partial charge in [-0.3, -0.25) is 0 Å². The van der Waals surface area contributed by atoms with Crippen molar-refractivity contribution in [1.82, 2.24) is 0 Å². The Morgan fingerprint density at radius 3 is 1.94 bits per heavy atom. The molecule has 3 aromatic carbocycles. The number of esters is 1. The zero-order valence-electron chi connectivity index (χ0n) is 32.6. The normalized spacial score (nSPS) is 24.2. The smallest absolute Gasteiger partial charge is 0.331 e. The number of hydrogen-bond acceptors (Lipinski definition) is 6.